The molecule has 0 aromatic carbocycles. The first-order chi connectivity index (χ1) is 11.3. The number of nitrogens with zero attached hydrogens (tertiary/aromatic N) is 3. The third kappa shape index (κ3) is 5.08. The predicted octanol–water partition coefficient (Wildman–Crippen LogP) is 2.27. The van der Waals surface area contributed by atoms with Crippen LogP contribution in [0.1, 0.15) is 58.7 Å². The van der Waals surface area contributed by atoms with Gasteiger partial charge in [0.05, 0.1) is 0 Å². The molecule has 1 N–H and O–H groups in total. The van der Waals surface area contributed by atoms with E-state index in [1.54, 1.807) is 11.1 Å². The topological polar surface area (TPSA) is 67.2 Å². The summed E-state index contributed by atoms with van der Waals surface area (Å²) in [6.07, 6.45) is 7.67. The van der Waals surface area contributed by atoms with Crippen molar-refractivity contribution in [2.24, 2.45) is 0 Å². The maximum Gasteiger partial charge on any atom is 0.243 e. The fraction of sp³-hybridized carbons (Fsp3) is 0.722. The number of nitrogens with one attached hydrogen (secondary N) is 1. The lowest BCUT2D eigenvalue weighted by Gasteiger charge is -2.36. The Hall–Kier alpha value is -1.85. The highest BCUT2D eigenvalue weighted by Crippen LogP contribution is 2.19. The Kier molecular flexibility index (Phi) is 6.02. The Morgan fingerprint density at radius 2 is 2.08 bits per heavy atom. The molecule has 134 valence electrons. The van der Waals surface area contributed by atoms with E-state index in [0.29, 0.717) is 13.0 Å². The molecule has 1 unspecified atom stereocenters. The number of carbonyl (C=O) groups is 2. The minimum Gasteiger partial charge on any atom is -0.350 e. The van der Waals surface area contributed by atoms with Gasteiger partial charge in [-0.15, -0.1) is 0 Å². The number of piperidine rings is 1. The highest BCUT2D eigenvalue weighted by molar-refractivity contribution is 5.88. The molecule has 0 radical (unpaired) electrons. The number of amides is 2. The summed E-state index contributed by atoms with van der Waals surface area (Å²) in [6.45, 7) is 9.32. The van der Waals surface area contributed by atoms with E-state index < -0.39 is 0 Å². The summed E-state index contributed by atoms with van der Waals surface area (Å²) in [4.78, 5) is 31.1. The normalized spacial score (nSPS) is 18.5. The van der Waals surface area contributed by atoms with Crippen LogP contribution < -0.4 is 5.32 Å². The second kappa shape index (κ2) is 7.81. The van der Waals surface area contributed by atoms with Crippen LogP contribution in [0.4, 0.5) is 0 Å². The van der Waals surface area contributed by atoms with E-state index in [1.165, 1.54) is 0 Å². The molecule has 1 saturated heterocycles. The Morgan fingerprint density at radius 3 is 2.71 bits per heavy atom. The molecule has 1 aliphatic heterocycles. The van der Waals surface area contributed by atoms with Crippen molar-refractivity contribution in [3.05, 3.63) is 18.2 Å². The molecule has 2 amide bonds. The van der Waals surface area contributed by atoms with Gasteiger partial charge < -0.3 is 14.8 Å². The van der Waals surface area contributed by atoms with E-state index in [9.17, 15) is 9.59 Å². The largest absolute Gasteiger partial charge is 0.350 e. The third-order valence-corrected chi connectivity index (χ3v) is 4.34. The smallest absolute Gasteiger partial charge is 0.243 e. The van der Waals surface area contributed by atoms with Gasteiger partial charge in [0.2, 0.25) is 11.8 Å². The monoisotopic (exact) mass is 334 g/mol. The van der Waals surface area contributed by atoms with Crippen LogP contribution in [0, 0.1) is 6.92 Å². The van der Waals surface area contributed by atoms with Crippen molar-refractivity contribution in [3.8, 4) is 0 Å². The molecule has 1 fully saturated rings. The van der Waals surface area contributed by atoms with Crippen LogP contribution >= 0.6 is 0 Å². The zero-order valence-electron chi connectivity index (χ0n) is 15.3. The summed E-state index contributed by atoms with van der Waals surface area (Å²) < 4.78 is 2.05. The molecule has 6 heteroatoms. The second-order valence-electron chi connectivity index (χ2n) is 7.61. The fourth-order valence-electron chi connectivity index (χ4n) is 3.14. The average Bonchev–Trinajstić information content (AvgIpc) is 2.91. The molecule has 24 heavy (non-hydrogen) atoms. The van der Waals surface area contributed by atoms with Gasteiger partial charge in [0, 0.05) is 37.4 Å². The standard InChI is InChI=1S/C18H30N4O2/c1-14-19-10-13-21(14)11-7-9-16(23)22-12-6-5-8-15(22)17(24)20-18(2,3)4/h10,13,15H,5-9,11-12H2,1-4H3,(H,20,24). The van der Waals surface area contributed by atoms with Crippen LogP contribution in [0.3, 0.4) is 0 Å². The number of carbonyl (C=O) groups excluding carboxylic acids is 2. The molecule has 0 saturated carbocycles. The molecular formula is C18H30N4O2. The predicted molar refractivity (Wildman–Crippen MR) is 93.4 cm³/mol. The van der Waals surface area contributed by atoms with Gasteiger partial charge in [-0.05, 0) is 53.4 Å². The van der Waals surface area contributed by atoms with Crippen molar-refractivity contribution in [2.75, 3.05) is 6.54 Å². The molecule has 2 rings (SSSR count). The van der Waals surface area contributed by atoms with Crippen molar-refractivity contribution < 1.29 is 9.59 Å². The summed E-state index contributed by atoms with van der Waals surface area (Å²) in [5.41, 5.74) is -0.276. The average molecular weight is 334 g/mol. The lowest BCUT2D eigenvalue weighted by atomic mass is 9.99. The van der Waals surface area contributed by atoms with Crippen molar-refractivity contribution >= 4 is 11.8 Å². The lowest BCUT2D eigenvalue weighted by molar-refractivity contribution is -0.143. The van der Waals surface area contributed by atoms with E-state index in [1.807, 2.05) is 38.5 Å². The van der Waals surface area contributed by atoms with Crippen LogP contribution in [0.15, 0.2) is 12.4 Å². The van der Waals surface area contributed by atoms with Gasteiger partial charge in [0.1, 0.15) is 11.9 Å². The van der Waals surface area contributed by atoms with Crippen LogP contribution in [0.2, 0.25) is 0 Å². The maximum atomic E-state index is 12.6. The number of imidazole rings is 1. The van der Waals surface area contributed by atoms with Gasteiger partial charge in [0.25, 0.3) is 0 Å². The SMILES string of the molecule is Cc1nccn1CCCC(=O)N1CCCCC1C(=O)NC(C)(C)C. The van der Waals surface area contributed by atoms with Crippen molar-refractivity contribution in [3.63, 3.8) is 0 Å². The zero-order chi connectivity index (χ0) is 17.7. The fourth-order valence-corrected chi connectivity index (χ4v) is 3.14. The molecule has 2 heterocycles. The van der Waals surface area contributed by atoms with E-state index in [-0.39, 0.29) is 23.4 Å². The molecule has 1 aromatic heterocycles. The van der Waals surface area contributed by atoms with E-state index in [4.69, 9.17) is 0 Å². The van der Waals surface area contributed by atoms with Crippen molar-refractivity contribution in [1.29, 1.82) is 0 Å². The highest BCUT2D eigenvalue weighted by atomic mass is 16.2. The number of hydrogen-bond donors (Lipinski definition) is 1. The molecule has 0 aliphatic carbocycles. The molecule has 0 spiro atoms. The van der Waals surface area contributed by atoms with Crippen LogP contribution in [-0.2, 0) is 16.1 Å². The summed E-state index contributed by atoms with van der Waals surface area (Å²) in [5.74, 6) is 1.02. The molecule has 1 aliphatic rings. The minimum atomic E-state index is -0.319. The maximum absolute atomic E-state index is 12.6. The van der Waals surface area contributed by atoms with Crippen molar-refractivity contribution in [2.45, 2.75) is 77.9 Å². The van der Waals surface area contributed by atoms with Crippen LogP contribution in [0.5, 0.6) is 0 Å². The van der Waals surface area contributed by atoms with Gasteiger partial charge in [0.15, 0.2) is 0 Å². The van der Waals surface area contributed by atoms with Gasteiger partial charge in [-0.2, -0.15) is 0 Å². The van der Waals surface area contributed by atoms with Gasteiger partial charge >= 0.3 is 0 Å². The quantitative estimate of drug-likeness (QED) is 0.898. The Labute approximate surface area is 144 Å². The zero-order valence-corrected chi connectivity index (χ0v) is 15.3. The van der Waals surface area contributed by atoms with E-state index in [0.717, 1.165) is 38.1 Å². The van der Waals surface area contributed by atoms with Gasteiger partial charge in [-0.25, -0.2) is 4.98 Å². The second-order valence-corrected chi connectivity index (χ2v) is 7.61. The first kappa shape index (κ1) is 18.5. The number of aromatic nitrogens is 2. The number of likely N-dealkylation sites (tertiary alicyclic amines) is 1. The number of hydrogen-bond acceptors (Lipinski definition) is 3. The summed E-state index contributed by atoms with van der Waals surface area (Å²) in [5, 5.41) is 3.01. The van der Waals surface area contributed by atoms with E-state index >= 15 is 0 Å². The summed E-state index contributed by atoms with van der Waals surface area (Å²) in [7, 11) is 0. The van der Waals surface area contributed by atoms with Gasteiger partial charge in [-0.3, -0.25) is 9.59 Å². The van der Waals surface area contributed by atoms with Crippen LogP contribution in [-0.4, -0.2) is 44.4 Å². The Bertz CT molecular complexity index is 574. The first-order valence-electron chi connectivity index (χ1n) is 8.87. The molecule has 1 atom stereocenters. The summed E-state index contributed by atoms with van der Waals surface area (Å²) >= 11 is 0. The minimum absolute atomic E-state index is 0.0268. The summed E-state index contributed by atoms with van der Waals surface area (Å²) in [6, 6.07) is -0.319. The lowest BCUT2D eigenvalue weighted by Crippen LogP contribution is -2.55. The number of aryl methyl sites for hydroxylation is 2. The van der Waals surface area contributed by atoms with Gasteiger partial charge in [-0.1, -0.05) is 0 Å². The third-order valence-electron chi connectivity index (χ3n) is 4.34. The van der Waals surface area contributed by atoms with Crippen LogP contribution in [0.25, 0.3) is 0 Å². The molecular weight excluding hydrogens is 304 g/mol. The van der Waals surface area contributed by atoms with Crippen molar-refractivity contribution in [1.82, 2.24) is 19.8 Å². The highest BCUT2D eigenvalue weighted by Gasteiger charge is 2.33. The van der Waals surface area contributed by atoms with E-state index in [2.05, 4.69) is 10.3 Å². The molecule has 1 aromatic rings. The molecule has 6 nitrogen and oxygen atoms in total. The Balaban J connectivity index is 1.90. The first-order valence-corrected chi connectivity index (χ1v) is 8.87. The number of rotatable bonds is 5. The molecule has 0 bridgehead atoms. The Morgan fingerprint density at radius 1 is 1.33 bits per heavy atom.